The van der Waals surface area contributed by atoms with Gasteiger partial charge in [0.1, 0.15) is 11.6 Å². The lowest BCUT2D eigenvalue weighted by atomic mass is 10.1. The summed E-state index contributed by atoms with van der Waals surface area (Å²) >= 11 is 0. The van der Waals surface area contributed by atoms with Crippen molar-refractivity contribution in [3.8, 4) is 0 Å². The summed E-state index contributed by atoms with van der Waals surface area (Å²) in [5.74, 6) is -1.62. The van der Waals surface area contributed by atoms with Crippen molar-refractivity contribution in [1.82, 2.24) is 10.2 Å². The van der Waals surface area contributed by atoms with Gasteiger partial charge in [0.25, 0.3) is 5.91 Å². The van der Waals surface area contributed by atoms with Gasteiger partial charge in [-0.15, -0.1) is 0 Å². The maximum Gasteiger partial charge on any atom is 0.322 e. The van der Waals surface area contributed by atoms with Crippen molar-refractivity contribution < 1.29 is 18.4 Å². The summed E-state index contributed by atoms with van der Waals surface area (Å²) in [5, 5.41) is 5.22. The molecule has 0 unspecified atom stereocenters. The summed E-state index contributed by atoms with van der Waals surface area (Å²) in [6, 6.07) is 9.62. The van der Waals surface area contributed by atoms with Crippen LogP contribution >= 0.6 is 0 Å². The lowest BCUT2D eigenvalue weighted by molar-refractivity contribution is 0.0963. The van der Waals surface area contributed by atoms with E-state index >= 15 is 0 Å². The average molecular weight is 359 g/mol. The van der Waals surface area contributed by atoms with Crippen LogP contribution in [0.5, 0.6) is 0 Å². The molecule has 0 aliphatic heterocycles. The number of halogens is 2. The van der Waals surface area contributed by atoms with Crippen molar-refractivity contribution in [3.05, 3.63) is 65.2 Å². The van der Waals surface area contributed by atoms with Crippen LogP contribution in [0.25, 0.3) is 0 Å². The minimum Gasteiger partial charge on any atom is -0.355 e. The molecule has 1 aliphatic rings. The van der Waals surface area contributed by atoms with E-state index in [9.17, 15) is 18.4 Å². The van der Waals surface area contributed by atoms with Gasteiger partial charge in [0, 0.05) is 29.9 Å². The van der Waals surface area contributed by atoms with Gasteiger partial charge in [0.15, 0.2) is 0 Å². The Balaban J connectivity index is 1.77. The van der Waals surface area contributed by atoms with Crippen LogP contribution in [0, 0.1) is 11.6 Å². The number of nitrogens with one attached hydrogen (secondary N) is 2. The molecule has 5 nitrogen and oxygen atoms in total. The zero-order valence-electron chi connectivity index (χ0n) is 14.3. The predicted molar refractivity (Wildman–Crippen MR) is 93.8 cm³/mol. The van der Waals surface area contributed by atoms with Crippen molar-refractivity contribution in [2.75, 3.05) is 12.4 Å². The second-order valence-corrected chi connectivity index (χ2v) is 6.15. The highest BCUT2D eigenvalue weighted by Gasteiger charge is 2.33. The fourth-order valence-corrected chi connectivity index (χ4v) is 2.68. The first-order chi connectivity index (χ1) is 12.5. The molecule has 3 rings (SSSR count). The topological polar surface area (TPSA) is 61.4 Å². The highest BCUT2D eigenvalue weighted by molar-refractivity contribution is 5.96. The third-order valence-electron chi connectivity index (χ3n) is 4.24. The van der Waals surface area contributed by atoms with Gasteiger partial charge in [-0.05, 0) is 43.2 Å². The number of nitrogens with zero attached hydrogens (tertiary/aromatic N) is 1. The van der Waals surface area contributed by atoms with Crippen LogP contribution in [-0.4, -0.2) is 29.9 Å². The maximum absolute atomic E-state index is 13.9. The highest BCUT2D eigenvalue weighted by atomic mass is 19.1. The Bertz CT molecular complexity index is 817. The lowest BCUT2D eigenvalue weighted by Crippen LogP contribution is -2.36. The van der Waals surface area contributed by atoms with Crippen molar-refractivity contribution >= 4 is 17.6 Å². The largest absolute Gasteiger partial charge is 0.355 e. The Morgan fingerprint density at radius 3 is 2.38 bits per heavy atom. The predicted octanol–water partition coefficient (Wildman–Crippen LogP) is 3.52. The summed E-state index contributed by atoms with van der Waals surface area (Å²) in [6.07, 6.45) is 1.59. The van der Waals surface area contributed by atoms with Gasteiger partial charge in [0.2, 0.25) is 0 Å². The molecule has 7 heteroatoms. The third-order valence-corrected chi connectivity index (χ3v) is 4.24. The van der Waals surface area contributed by atoms with Crippen LogP contribution in [0.4, 0.5) is 19.3 Å². The molecule has 26 heavy (non-hydrogen) atoms. The molecular weight excluding hydrogens is 340 g/mol. The van der Waals surface area contributed by atoms with Crippen LogP contribution in [0.3, 0.4) is 0 Å². The minimum absolute atomic E-state index is 0.0453. The highest BCUT2D eigenvalue weighted by Crippen LogP contribution is 2.30. The van der Waals surface area contributed by atoms with E-state index < -0.39 is 17.7 Å². The number of benzene rings is 2. The lowest BCUT2D eigenvalue weighted by Gasteiger charge is -2.23. The molecule has 0 bridgehead atoms. The first kappa shape index (κ1) is 17.8. The summed E-state index contributed by atoms with van der Waals surface area (Å²) < 4.78 is 27.8. The number of rotatable bonds is 5. The summed E-state index contributed by atoms with van der Waals surface area (Å²) in [5.41, 5.74) is 0.716. The molecule has 0 atom stereocenters. The van der Waals surface area contributed by atoms with Gasteiger partial charge < -0.3 is 15.5 Å². The van der Waals surface area contributed by atoms with Gasteiger partial charge in [-0.25, -0.2) is 13.6 Å². The van der Waals surface area contributed by atoms with Gasteiger partial charge in [-0.3, -0.25) is 4.79 Å². The average Bonchev–Trinajstić information content (AvgIpc) is 3.46. The zero-order chi connectivity index (χ0) is 18.7. The van der Waals surface area contributed by atoms with Crippen LogP contribution in [0.2, 0.25) is 0 Å². The summed E-state index contributed by atoms with van der Waals surface area (Å²) in [4.78, 5) is 25.8. The summed E-state index contributed by atoms with van der Waals surface area (Å²) in [6.45, 7) is -0.149. The third kappa shape index (κ3) is 3.99. The van der Waals surface area contributed by atoms with E-state index in [1.165, 1.54) is 30.1 Å². The molecule has 1 fully saturated rings. The number of urea groups is 1. The molecule has 2 aromatic rings. The molecule has 1 saturated carbocycles. The van der Waals surface area contributed by atoms with Crippen LogP contribution in [-0.2, 0) is 6.54 Å². The van der Waals surface area contributed by atoms with Crippen molar-refractivity contribution in [3.63, 3.8) is 0 Å². The molecule has 0 spiro atoms. The Hall–Kier alpha value is -2.96. The fraction of sp³-hybridized carbons (Fsp3) is 0.263. The molecular formula is C19H19F2N3O2. The molecule has 0 aromatic heterocycles. The van der Waals surface area contributed by atoms with Crippen LogP contribution < -0.4 is 10.6 Å². The SMILES string of the molecule is CNC(=O)c1cccc(NC(=O)N(Cc2c(F)cccc2F)C2CC2)c1. The van der Waals surface area contributed by atoms with E-state index in [1.807, 2.05) is 0 Å². The van der Waals surface area contributed by atoms with Crippen molar-refractivity contribution in [2.45, 2.75) is 25.4 Å². The van der Waals surface area contributed by atoms with E-state index in [2.05, 4.69) is 10.6 Å². The second kappa shape index (κ2) is 7.51. The molecule has 0 saturated heterocycles. The Labute approximate surface area is 150 Å². The first-order valence-electron chi connectivity index (χ1n) is 8.32. The molecule has 3 amide bonds. The Kier molecular flexibility index (Phi) is 5.16. The number of anilines is 1. The monoisotopic (exact) mass is 359 g/mol. The van der Waals surface area contributed by atoms with E-state index in [0.717, 1.165) is 12.8 Å². The van der Waals surface area contributed by atoms with Gasteiger partial charge in [-0.2, -0.15) is 0 Å². The first-order valence-corrected chi connectivity index (χ1v) is 8.32. The van der Waals surface area contributed by atoms with E-state index in [4.69, 9.17) is 0 Å². The maximum atomic E-state index is 13.9. The normalized spacial score (nSPS) is 13.2. The molecule has 0 radical (unpaired) electrons. The van der Waals surface area contributed by atoms with Gasteiger partial charge >= 0.3 is 6.03 Å². The standard InChI is InChI=1S/C19H19F2N3O2/c1-22-18(25)12-4-2-5-13(10-12)23-19(26)24(14-8-9-14)11-15-16(20)6-3-7-17(15)21/h2-7,10,14H,8-9,11H2,1H3,(H,22,25)(H,23,26). The Morgan fingerprint density at radius 2 is 1.77 bits per heavy atom. The molecule has 2 aromatic carbocycles. The zero-order valence-corrected chi connectivity index (χ0v) is 14.3. The molecule has 136 valence electrons. The molecule has 0 heterocycles. The quantitative estimate of drug-likeness (QED) is 0.858. The molecule has 2 N–H and O–H groups in total. The van der Waals surface area contributed by atoms with Gasteiger partial charge in [-0.1, -0.05) is 12.1 Å². The molecule has 1 aliphatic carbocycles. The van der Waals surface area contributed by atoms with E-state index in [1.54, 1.807) is 24.3 Å². The number of carbonyl (C=O) groups excluding carboxylic acids is 2. The van der Waals surface area contributed by atoms with Gasteiger partial charge in [0.05, 0.1) is 6.54 Å². The van der Waals surface area contributed by atoms with Crippen molar-refractivity contribution in [2.24, 2.45) is 0 Å². The van der Waals surface area contributed by atoms with Crippen molar-refractivity contribution in [1.29, 1.82) is 0 Å². The Morgan fingerprint density at radius 1 is 1.12 bits per heavy atom. The number of hydrogen-bond donors (Lipinski definition) is 2. The van der Waals surface area contributed by atoms with Crippen LogP contribution in [0.15, 0.2) is 42.5 Å². The number of carbonyl (C=O) groups is 2. The summed E-state index contributed by atoms with van der Waals surface area (Å²) in [7, 11) is 1.52. The van der Waals surface area contributed by atoms with E-state index in [0.29, 0.717) is 11.3 Å². The second-order valence-electron chi connectivity index (χ2n) is 6.15. The number of hydrogen-bond acceptors (Lipinski definition) is 2. The smallest absolute Gasteiger partial charge is 0.322 e. The fourth-order valence-electron chi connectivity index (χ4n) is 2.68. The van der Waals surface area contributed by atoms with E-state index in [-0.39, 0.29) is 24.1 Å². The minimum atomic E-state index is -0.676. The van der Waals surface area contributed by atoms with Crippen LogP contribution in [0.1, 0.15) is 28.8 Å². The number of amides is 3.